The van der Waals surface area contributed by atoms with Gasteiger partial charge in [-0.1, -0.05) is 6.92 Å². The summed E-state index contributed by atoms with van der Waals surface area (Å²) in [5.41, 5.74) is 0.587. The number of rotatable bonds is 5. The summed E-state index contributed by atoms with van der Waals surface area (Å²) in [5.74, 6) is -1.23. The lowest BCUT2D eigenvalue weighted by Crippen LogP contribution is -2.29. The normalized spacial score (nSPS) is 9.67. The van der Waals surface area contributed by atoms with Crippen LogP contribution in [-0.4, -0.2) is 38.7 Å². The molecule has 2 N–H and O–H groups in total. The largest absolute Gasteiger partial charge is 0.465 e. The average molecular weight is 294 g/mol. The van der Waals surface area contributed by atoms with Crippen LogP contribution in [0.1, 0.15) is 34.1 Å². The van der Waals surface area contributed by atoms with Crippen LogP contribution in [-0.2, 0) is 9.47 Å². The smallest absolute Gasteiger partial charge is 0.337 e. The Hall–Kier alpha value is -2.57. The number of carbonyl (C=O) groups excluding carboxylic acids is 3. The van der Waals surface area contributed by atoms with Gasteiger partial charge in [0, 0.05) is 12.2 Å². The van der Waals surface area contributed by atoms with Crippen LogP contribution in [0.4, 0.5) is 10.5 Å². The quantitative estimate of drug-likeness (QED) is 0.807. The second-order valence-electron chi connectivity index (χ2n) is 4.16. The second-order valence-corrected chi connectivity index (χ2v) is 4.16. The van der Waals surface area contributed by atoms with Crippen molar-refractivity contribution < 1.29 is 23.9 Å². The molecule has 1 aromatic carbocycles. The van der Waals surface area contributed by atoms with E-state index in [1.54, 1.807) is 0 Å². The highest BCUT2D eigenvalue weighted by Gasteiger charge is 2.14. The van der Waals surface area contributed by atoms with Crippen molar-refractivity contribution in [3.05, 3.63) is 29.3 Å². The Kier molecular flexibility index (Phi) is 6.19. The zero-order valence-electron chi connectivity index (χ0n) is 12.2. The zero-order chi connectivity index (χ0) is 15.8. The van der Waals surface area contributed by atoms with Crippen molar-refractivity contribution in [2.45, 2.75) is 13.3 Å². The molecule has 0 saturated heterocycles. The topological polar surface area (TPSA) is 93.7 Å². The third-order valence-corrected chi connectivity index (χ3v) is 2.57. The first-order chi connectivity index (χ1) is 10.0. The fourth-order valence-corrected chi connectivity index (χ4v) is 1.58. The SMILES string of the molecule is CCCNC(=O)Nc1cc(C(=O)OC)cc(C(=O)OC)c1. The van der Waals surface area contributed by atoms with E-state index < -0.39 is 18.0 Å². The molecule has 0 unspecified atom stereocenters. The number of amides is 2. The lowest BCUT2D eigenvalue weighted by Gasteiger charge is -2.10. The molecule has 1 aromatic rings. The molecule has 21 heavy (non-hydrogen) atoms. The molecule has 0 spiro atoms. The van der Waals surface area contributed by atoms with Gasteiger partial charge in [0.05, 0.1) is 25.3 Å². The maximum atomic E-state index is 11.6. The first-order valence-electron chi connectivity index (χ1n) is 6.38. The second kappa shape index (κ2) is 7.88. The van der Waals surface area contributed by atoms with Crippen LogP contribution in [0.15, 0.2) is 18.2 Å². The van der Waals surface area contributed by atoms with Crippen molar-refractivity contribution in [1.82, 2.24) is 5.32 Å². The molecule has 2 amide bonds. The molecule has 0 atom stereocenters. The summed E-state index contributed by atoms with van der Waals surface area (Å²) in [4.78, 5) is 34.8. The molecule has 0 aliphatic heterocycles. The summed E-state index contributed by atoms with van der Waals surface area (Å²) >= 11 is 0. The highest BCUT2D eigenvalue weighted by molar-refractivity contribution is 5.99. The minimum Gasteiger partial charge on any atom is -0.465 e. The van der Waals surface area contributed by atoms with E-state index >= 15 is 0 Å². The van der Waals surface area contributed by atoms with E-state index in [-0.39, 0.29) is 11.1 Å². The summed E-state index contributed by atoms with van der Waals surface area (Å²) < 4.78 is 9.22. The average Bonchev–Trinajstić information content (AvgIpc) is 2.50. The van der Waals surface area contributed by atoms with Crippen LogP contribution in [0.25, 0.3) is 0 Å². The van der Waals surface area contributed by atoms with Crippen LogP contribution in [0, 0.1) is 0 Å². The fourth-order valence-electron chi connectivity index (χ4n) is 1.58. The molecule has 0 saturated carbocycles. The van der Waals surface area contributed by atoms with E-state index in [1.165, 1.54) is 32.4 Å². The van der Waals surface area contributed by atoms with E-state index in [1.807, 2.05) is 6.92 Å². The van der Waals surface area contributed by atoms with Gasteiger partial charge >= 0.3 is 18.0 Å². The van der Waals surface area contributed by atoms with Gasteiger partial charge in [-0.25, -0.2) is 14.4 Å². The maximum Gasteiger partial charge on any atom is 0.337 e. The number of carbonyl (C=O) groups is 3. The molecule has 0 fully saturated rings. The maximum absolute atomic E-state index is 11.6. The van der Waals surface area contributed by atoms with Crippen LogP contribution in [0.5, 0.6) is 0 Å². The van der Waals surface area contributed by atoms with Gasteiger partial charge in [-0.2, -0.15) is 0 Å². The molecule has 0 aliphatic carbocycles. The van der Waals surface area contributed by atoms with Gasteiger partial charge in [-0.15, -0.1) is 0 Å². The lowest BCUT2D eigenvalue weighted by atomic mass is 10.1. The minimum absolute atomic E-state index is 0.145. The van der Waals surface area contributed by atoms with Crippen LogP contribution < -0.4 is 10.6 Å². The molecule has 1 rings (SSSR count). The molecule has 0 heterocycles. The summed E-state index contributed by atoms with van der Waals surface area (Å²) in [6.45, 7) is 2.44. The van der Waals surface area contributed by atoms with Crippen molar-refractivity contribution >= 4 is 23.7 Å². The number of benzene rings is 1. The first-order valence-corrected chi connectivity index (χ1v) is 6.38. The summed E-state index contributed by atoms with van der Waals surface area (Å²) in [6.07, 6.45) is 0.795. The monoisotopic (exact) mass is 294 g/mol. The number of anilines is 1. The van der Waals surface area contributed by atoms with E-state index in [4.69, 9.17) is 0 Å². The lowest BCUT2D eigenvalue weighted by molar-refractivity contribution is 0.0599. The summed E-state index contributed by atoms with van der Waals surface area (Å²) in [5, 5.41) is 5.17. The minimum atomic E-state index is -0.613. The number of hydrogen-bond acceptors (Lipinski definition) is 5. The number of methoxy groups -OCH3 is 2. The van der Waals surface area contributed by atoms with Crippen molar-refractivity contribution in [3.8, 4) is 0 Å². The van der Waals surface area contributed by atoms with Crippen LogP contribution in [0.3, 0.4) is 0 Å². The molecule has 0 bridgehead atoms. The first kappa shape index (κ1) is 16.5. The van der Waals surface area contributed by atoms with Gasteiger partial charge in [-0.05, 0) is 24.6 Å². The van der Waals surface area contributed by atoms with Crippen LogP contribution in [0.2, 0.25) is 0 Å². The predicted molar refractivity (Wildman–Crippen MR) is 76.4 cm³/mol. The summed E-state index contributed by atoms with van der Waals surface area (Å²) in [6, 6.07) is 3.76. The number of hydrogen-bond donors (Lipinski definition) is 2. The highest BCUT2D eigenvalue weighted by Crippen LogP contribution is 2.17. The summed E-state index contributed by atoms with van der Waals surface area (Å²) in [7, 11) is 2.46. The number of ether oxygens (including phenoxy) is 2. The Morgan fingerprint density at radius 2 is 1.52 bits per heavy atom. The van der Waals surface area contributed by atoms with Crippen molar-refractivity contribution in [3.63, 3.8) is 0 Å². The van der Waals surface area contributed by atoms with E-state index in [9.17, 15) is 14.4 Å². The molecule has 0 aliphatic rings. The van der Waals surface area contributed by atoms with Gasteiger partial charge in [0.15, 0.2) is 0 Å². The molecule has 0 radical (unpaired) electrons. The Bertz CT molecular complexity index is 508. The molecular weight excluding hydrogens is 276 g/mol. The molecule has 0 aromatic heterocycles. The van der Waals surface area contributed by atoms with E-state index in [0.717, 1.165) is 6.42 Å². The predicted octanol–water partition coefficient (Wildman–Crippen LogP) is 1.79. The number of esters is 2. The Balaban J connectivity index is 3.04. The van der Waals surface area contributed by atoms with Gasteiger partial charge in [0.1, 0.15) is 0 Å². The molecule has 114 valence electrons. The zero-order valence-corrected chi connectivity index (χ0v) is 12.2. The Morgan fingerprint density at radius 3 is 1.95 bits per heavy atom. The number of urea groups is 1. The van der Waals surface area contributed by atoms with Gasteiger partial charge in [-0.3, -0.25) is 0 Å². The third kappa shape index (κ3) is 4.79. The Labute approximate surface area is 122 Å². The van der Waals surface area contributed by atoms with Gasteiger partial charge < -0.3 is 20.1 Å². The highest BCUT2D eigenvalue weighted by atomic mass is 16.5. The van der Waals surface area contributed by atoms with Crippen molar-refractivity contribution in [1.29, 1.82) is 0 Å². The number of nitrogens with one attached hydrogen (secondary N) is 2. The van der Waals surface area contributed by atoms with Gasteiger partial charge in [0.2, 0.25) is 0 Å². The van der Waals surface area contributed by atoms with Gasteiger partial charge in [0.25, 0.3) is 0 Å². The fraction of sp³-hybridized carbons (Fsp3) is 0.357. The van der Waals surface area contributed by atoms with E-state index in [2.05, 4.69) is 20.1 Å². The Morgan fingerprint density at radius 1 is 1.00 bits per heavy atom. The third-order valence-electron chi connectivity index (χ3n) is 2.57. The molecule has 7 nitrogen and oxygen atoms in total. The van der Waals surface area contributed by atoms with E-state index in [0.29, 0.717) is 12.2 Å². The van der Waals surface area contributed by atoms with Crippen molar-refractivity contribution in [2.24, 2.45) is 0 Å². The molecular formula is C14H18N2O5. The van der Waals surface area contributed by atoms with Crippen molar-refractivity contribution in [2.75, 3.05) is 26.1 Å². The molecule has 7 heteroatoms. The standard InChI is InChI=1S/C14H18N2O5/c1-4-5-15-14(19)16-11-7-9(12(17)20-2)6-10(8-11)13(18)21-3/h6-8H,4-5H2,1-3H3,(H2,15,16,19). The van der Waals surface area contributed by atoms with Crippen LogP contribution >= 0.6 is 0 Å².